The standard InChI is InChI=1S/C16H25N3O5S/c1-23-13-5-6-14(24-2)15(12-13)25(21,22)19-10-8-18(9-11-19)16(20)4-3-7-17/h5-6,12H,3-4,7-11,17H2,1-2H3. The van der Waals surface area contributed by atoms with Crippen molar-refractivity contribution in [3.05, 3.63) is 18.2 Å². The number of piperazine rings is 1. The molecule has 1 aliphatic rings. The summed E-state index contributed by atoms with van der Waals surface area (Å²) in [4.78, 5) is 13.8. The number of ether oxygens (including phenoxy) is 2. The summed E-state index contributed by atoms with van der Waals surface area (Å²) in [6.07, 6.45) is 1.03. The van der Waals surface area contributed by atoms with Crippen LogP contribution >= 0.6 is 0 Å². The Labute approximate surface area is 148 Å². The molecule has 0 saturated carbocycles. The zero-order valence-electron chi connectivity index (χ0n) is 14.6. The maximum atomic E-state index is 13.0. The van der Waals surface area contributed by atoms with Crippen molar-refractivity contribution in [1.82, 2.24) is 9.21 Å². The predicted octanol–water partition coefficient (Wildman–Crippen LogP) is 0.276. The van der Waals surface area contributed by atoms with Crippen molar-refractivity contribution in [2.24, 2.45) is 5.73 Å². The molecule has 9 heteroatoms. The molecule has 0 unspecified atom stereocenters. The fourth-order valence-electron chi connectivity index (χ4n) is 2.71. The molecule has 0 spiro atoms. The molecule has 1 amide bonds. The largest absolute Gasteiger partial charge is 0.497 e. The molecule has 1 aromatic rings. The molecule has 0 aromatic heterocycles. The summed E-state index contributed by atoms with van der Waals surface area (Å²) in [7, 11) is -0.831. The lowest BCUT2D eigenvalue weighted by Gasteiger charge is -2.34. The Morgan fingerprint density at radius 2 is 1.84 bits per heavy atom. The zero-order valence-corrected chi connectivity index (χ0v) is 15.4. The number of amides is 1. The number of rotatable bonds is 7. The first-order valence-electron chi connectivity index (χ1n) is 8.14. The predicted molar refractivity (Wildman–Crippen MR) is 93.2 cm³/mol. The average Bonchev–Trinajstić information content (AvgIpc) is 2.65. The molecular weight excluding hydrogens is 346 g/mol. The van der Waals surface area contributed by atoms with Gasteiger partial charge in [0.05, 0.1) is 14.2 Å². The molecule has 1 saturated heterocycles. The summed E-state index contributed by atoms with van der Waals surface area (Å²) in [5.41, 5.74) is 5.42. The van der Waals surface area contributed by atoms with E-state index in [0.29, 0.717) is 38.2 Å². The van der Waals surface area contributed by atoms with E-state index in [1.54, 1.807) is 17.0 Å². The summed E-state index contributed by atoms with van der Waals surface area (Å²) in [5, 5.41) is 0. The average molecular weight is 371 g/mol. The van der Waals surface area contributed by atoms with Gasteiger partial charge in [-0.25, -0.2) is 8.42 Å². The van der Waals surface area contributed by atoms with Crippen LogP contribution in [0.15, 0.2) is 23.1 Å². The van der Waals surface area contributed by atoms with Gasteiger partial charge in [-0.05, 0) is 25.1 Å². The van der Waals surface area contributed by atoms with Crippen molar-refractivity contribution in [3.8, 4) is 11.5 Å². The number of nitrogens with zero attached hydrogens (tertiary/aromatic N) is 2. The second kappa shape index (κ2) is 8.50. The van der Waals surface area contributed by atoms with E-state index < -0.39 is 10.0 Å². The molecular formula is C16H25N3O5S. The second-order valence-corrected chi connectivity index (χ2v) is 7.60. The number of sulfonamides is 1. The monoisotopic (exact) mass is 371 g/mol. The Hall–Kier alpha value is -1.84. The molecule has 0 bridgehead atoms. The highest BCUT2D eigenvalue weighted by atomic mass is 32.2. The van der Waals surface area contributed by atoms with Gasteiger partial charge in [-0.2, -0.15) is 4.31 Å². The number of benzene rings is 1. The van der Waals surface area contributed by atoms with E-state index in [1.807, 2.05) is 0 Å². The van der Waals surface area contributed by atoms with Crippen LogP contribution < -0.4 is 15.2 Å². The van der Waals surface area contributed by atoms with Gasteiger partial charge in [0.2, 0.25) is 15.9 Å². The Balaban J connectivity index is 2.13. The summed E-state index contributed by atoms with van der Waals surface area (Å²) in [6.45, 7) is 1.70. The Kier molecular flexibility index (Phi) is 6.63. The van der Waals surface area contributed by atoms with E-state index in [4.69, 9.17) is 15.2 Å². The topological polar surface area (TPSA) is 102 Å². The molecule has 1 aromatic carbocycles. The van der Waals surface area contributed by atoms with Gasteiger partial charge in [0, 0.05) is 38.7 Å². The third-order valence-electron chi connectivity index (χ3n) is 4.17. The van der Waals surface area contributed by atoms with E-state index in [0.717, 1.165) is 0 Å². The molecule has 25 heavy (non-hydrogen) atoms. The van der Waals surface area contributed by atoms with Gasteiger partial charge in [0.15, 0.2) is 0 Å². The van der Waals surface area contributed by atoms with Crippen molar-refractivity contribution < 1.29 is 22.7 Å². The van der Waals surface area contributed by atoms with Crippen LogP contribution in [0.3, 0.4) is 0 Å². The van der Waals surface area contributed by atoms with Gasteiger partial charge in [-0.1, -0.05) is 0 Å². The number of methoxy groups -OCH3 is 2. The highest BCUT2D eigenvalue weighted by Gasteiger charge is 2.32. The zero-order chi connectivity index (χ0) is 18.4. The molecule has 0 aliphatic carbocycles. The number of carbonyl (C=O) groups is 1. The summed E-state index contributed by atoms with van der Waals surface area (Å²) in [6, 6.07) is 4.66. The van der Waals surface area contributed by atoms with Crippen LogP contribution in [0.2, 0.25) is 0 Å². The van der Waals surface area contributed by atoms with Gasteiger partial charge in [0.25, 0.3) is 0 Å². The van der Waals surface area contributed by atoms with Gasteiger partial charge in [-0.15, -0.1) is 0 Å². The SMILES string of the molecule is COc1ccc(OC)c(S(=O)(=O)N2CCN(C(=O)CCCN)CC2)c1. The van der Waals surface area contributed by atoms with Crippen LogP contribution in [-0.2, 0) is 14.8 Å². The maximum absolute atomic E-state index is 13.0. The highest BCUT2D eigenvalue weighted by molar-refractivity contribution is 7.89. The van der Waals surface area contributed by atoms with Crippen molar-refractivity contribution in [1.29, 1.82) is 0 Å². The van der Waals surface area contributed by atoms with Crippen LogP contribution in [-0.4, -0.2) is 70.5 Å². The van der Waals surface area contributed by atoms with Gasteiger partial charge in [-0.3, -0.25) is 4.79 Å². The van der Waals surface area contributed by atoms with E-state index in [2.05, 4.69) is 0 Å². The van der Waals surface area contributed by atoms with Crippen molar-refractivity contribution >= 4 is 15.9 Å². The number of hydrogen-bond donors (Lipinski definition) is 1. The summed E-state index contributed by atoms with van der Waals surface area (Å²) < 4.78 is 37.6. The summed E-state index contributed by atoms with van der Waals surface area (Å²) in [5.74, 6) is 0.721. The van der Waals surface area contributed by atoms with E-state index >= 15 is 0 Å². The van der Waals surface area contributed by atoms with Crippen molar-refractivity contribution in [2.75, 3.05) is 46.9 Å². The Bertz CT molecular complexity index is 700. The minimum absolute atomic E-state index is 0.0152. The molecule has 1 fully saturated rings. The first-order chi connectivity index (χ1) is 11.9. The van der Waals surface area contributed by atoms with Crippen LogP contribution in [0, 0.1) is 0 Å². The Morgan fingerprint density at radius 1 is 1.16 bits per heavy atom. The minimum atomic E-state index is -3.73. The quantitative estimate of drug-likeness (QED) is 0.738. The van der Waals surface area contributed by atoms with Gasteiger partial charge in [0.1, 0.15) is 16.4 Å². The fraction of sp³-hybridized carbons (Fsp3) is 0.562. The minimum Gasteiger partial charge on any atom is -0.497 e. The number of carbonyl (C=O) groups excluding carboxylic acids is 1. The lowest BCUT2D eigenvalue weighted by atomic mass is 10.2. The van der Waals surface area contributed by atoms with Crippen molar-refractivity contribution in [2.45, 2.75) is 17.7 Å². The van der Waals surface area contributed by atoms with E-state index in [1.165, 1.54) is 24.6 Å². The number of hydrogen-bond acceptors (Lipinski definition) is 6. The van der Waals surface area contributed by atoms with Gasteiger partial charge < -0.3 is 20.1 Å². The second-order valence-electron chi connectivity index (χ2n) is 5.69. The molecule has 0 atom stereocenters. The van der Waals surface area contributed by atoms with Crippen molar-refractivity contribution in [3.63, 3.8) is 0 Å². The third-order valence-corrected chi connectivity index (χ3v) is 6.09. The molecule has 1 heterocycles. The molecule has 140 valence electrons. The molecule has 8 nitrogen and oxygen atoms in total. The third kappa shape index (κ3) is 4.42. The number of nitrogens with two attached hydrogens (primary N) is 1. The molecule has 0 radical (unpaired) electrons. The first-order valence-corrected chi connectivity index (χ1v) is 9.58. The molecule has 2 rings (SSSR count). The fourth-order valence-corrected chi connectivity index (χ4v) is 4.31. The van der Waals surface area contributed by atoms with Crippen LogP contribution in [0.25, 0.3) is 0 Å². The summed E-state index contributed by atoms with van der Waals surface area (Å²) >= 11 is 0. The van der Waals surface area contributed by atoms with Crippen LogP contribution in [0.1, 0.15) is 12.8 Å². The Morgan fingerprint density at radius 3 is 2.40 bits per heavy atom. The maximum Gasteiger partial charge on any atom is 0.247 e. The smallest absolute Gasteiger partial charge is 0.247 e. The lowest BCUT2D eigenvalue weighted by molar-refractivity contribution is -0.132. The lowest BCUT2D eigenvalue weighted by Crippen LogP contribution is -2.50. The first kappa shape index (κ1) is 19.5. The normalized spacial score (nSPS) is 15.9. The van der Waals surface area contributed by atoms with Gasteiger partial charge >= 0.3 is 0 Å². The molecule has 2 N–H and O–H groups in total. The molecule has 1 aliphatic heterocycles. The van der Waals surface area contributed by atoms with Crippen LogP contribution in [0.5, 0.6) is 11.5 Å². The van der Waals surface area contributed by atoms with E-state index in [9.17, 15) is 13.2 Å². The van der Waals surface area contributed by atoms with Crippen LogP contribution in [0.4, 0.5) is 0 Å². The highest BCUT2D eigenvalue weighted by Crippen LogP contribution is 2.31. The van der Waals surface area contributed by atoms with E-state index in [-0.39, 0.29) is 29.6 Å².